The van der Waals surface area contributed by atoms with Crippen LogP contribution >= 0.6 is 0 Å². The average molecular weight is 259 g/mol. The SMILES string of the molecule is C=Cn1cc(CNc2ccc(OC)c(OC)c2)cn1. The Hall–Kier alpha value is -2.43. The first-order valence-electron chi connectivity index (χ1n) is 5.88. The van der Waals surface area contributed by atoms with Crippen molar-refractivity contribution in [3.63, 3.8) is 0 Å². The maximum absolute atomic E-state index is 5.26. The molecule has 0 spiro atoms. The van der Waals surface area contributed by atoms with Crippen LogP contribution in [0.1, 0.15) is 5.56 Å². The van der Waals surface area contributed by atoms with Crippen LogP contribution in [-0.2, 0) is 6.54 Å². The van der Waals surface area contributed by atoms with Gasteiger partial charge in [0.1, 0.15) is 0 Å². The summed E-state index contributed by atoms with van der Waals surface area (Å²) in [5, 5.41) is 7.42. The number of hydrogen-bond donors (Lipinski definition) is 1. The number of aromatic nitrogens is 2. The van der Waals surface area contributed by atoms with Crippen molar-refractivity contribution in [2.75, 3.05) is 19.5 Å². The molecule has 0 saturated carbocycles. The third-order valence-corrected chi connectivity index (χ3v) is 2.72. The van der Waals surface area contributed by atoms with Gasteiger partial charge in [0.15, 0.2) is 11.5 Å². The maximum Gasteiger partial charge on any atom is 0.162 e. The number of nitrogens with zero attached hydrogens (tertiary/aromatic N) is 2. The highest BCUT2D eigenvalue weighted by Gasteiger charge is 2.04. The monoisotopic (exact) mass is 259 g/mol. The van der Waals surface area contributed by atoms with Crippen molar-refractivity contribution in [1.82, 2.24) is 9.78 Å². The van der Waals surface area contributed by atoms with Gasteiger partial charge in [-0.3, -0.25) is 0 Å². The zero-order valence-corrected chi connectivity index (χ0v) is 11.1. The molecule has 0 aliphatic carbocycles. The lowest BCUT2D eigenvalue weighted by Crippen LogP contribution is -1.99. The van der Waals surface area contributed by atoms with E-state index < -0.39 is 0 Å². The molecule has 1 N–H and O–H groups in total. The minimum atomic E-state index is 0.684. The smallest absolute Gasteiger partial charge is 0.162 e. The Labute approximate surface area is 112 Å². The number of nitrogens with one attached hydrogen (secondary N) is 1. The molecule has 0 unspecified atom stereocenters. The summed E-state index contributed by atoms with van der Waals surface area (Å²) in [6, 6.07) is 5.71. The van der Waals surface area contributed by atoms with Crippen molar-refractivity contribution < 1.29 is 9.47 Å². The molecule has 0 aliphatic rings. The van der Waals surface area contributed by atoms with E-state index in [1.807, 2.05) is 24.4 Å². The lowest BCUT2D eigenvalue weighted by atomic mass is 10.2. The number of rotatable bonds is 6. The zero-order chi connectivity index (χ0) is 13.7. The predicted octanol–water partition coefficient (Wildman–Crippen LogP) is 2.61. The quantitative estimate of drug-likeness (QED) is 0.866. The zero-order valence-electron chi connectivity index (χ0n) is 11.1. The molecule has 1 aromatic carbocycles. The number of hydrogen-bond acceptors (Lipinski definition) is 4. The van der Waals surface area contributed by atoms with Crippen LogP contribution in [0.2, 0.25) is 0 Å². The molecule has 0 aliphatic heterocycles. The summed E-state index contributed by atoms with van der Waals surface area (Å²) in [5.41, 5.74) is 2.04. The summed E-state index contributed by atoms with van der Waals surface area (Å²) < 4.78 is 12.1. The molecule has 1 aromatic heterocycles. The van der Waals surface area contributed by atoms with E-state index in [1.54, 1.807) is 31.3 Å². The molecular formula is C14H17N3O2. The second-order valence-corrected chi connectivity index (χ2v) is 3.93. The van der Waals surface area contributed by atoms with Gasteiger partial charge in [-0.25, -0.2) is 4.68 Å². The fourth-order valence-electron chi connectivity index (χ4n) is 1.72. The minimum absolute atomic E-state index is 0.684. The van der Waals surface area contributed by atoms with E-state index in [0.717, 1.165) is 11.3 Å². The number of benzene rings is 1. The van der Waals surface area contributed by atoms with Gasteiger partial charge in [0.05, 0.1) is 20.4 Å². The second-order valence-electron chi connectivity index (χ2n) is 3.93. The van der Waals surface area contributed by atoms with Crippen LogP contribution in [0.15, 0.2) is 37.2 Å². The van der Waals surface area contributed by atoms with Gasteiger partial charge in [0, 0.05) is 36.3 Å². The van der Waals surface area contributed by atoms with Crippen molar-refractivity contribution in [3.05, 3.63) is 42.7 Å². The minimum Gasteiger partial charge on any atom is -0.493 e. The van der Waals surface area contributed by atoms with Gasteiger partial charge in [-0.05, 0) is 12.1 Å². The molecule has 0 bridgehead atoms. The van der Waals surface area contributed by atoms with Gasteiger partial charge in [0.25, 0.3) is 0 Å². The number of anilines is 1. The summed E-state index contributed by atoms with van der Waals surface area (Å²) in [6.07, 6.45) is 5.37. The highest BCUT2D eigenvalue weighted by Crippen LogP contribution is 2.29. The fraction of sp³-hybridized carbons (Fsp3) is 0.214. The van der Waals surface area contributed by atoms with Crippen LogP contribution in [-0.4, -0.2) is 24.0 Å². The van der Waals surface area contributed by atoms with E-state index in [4.69, 9.17) is 9.47 Å². The molecule has 0 fully saturated rings. The first kappa shape index (κ1) is 13.0. The first-order chi connectivity index (χ1) is 9.26. The van der Waals surface area contributed by atoms with E-state index in [2.05, 4.69) is 17.0 Å². The largest absolute Gasteiger partial charge is 0.493 e. The molecule has 2 aromatic rings. The van der Waals surface area contributed by atoms with Crippen LogP contribution in [0.25, 0.3) is 6.20 Å². The number of ether oxygens (including phenoxy) is 2. The second kappa shape index (κ2) is 5.95. The summed E-state index contributed by atoms with van der Waals surface area (Å²) in [5.74, 6) is 1.42. The van der Waals surface area contributed by atoms with E-state index in [0.29, 0.717) is 18.0 Å². The molecule has 0 atom stereocenters. The van der Waals surface area contributed by atoms with Crippen LogP contribution in [0, 0.1) is 0 Å². The van der Waals surface area contributed by atoms with Gasteiger partial charge in [-0.15, -0.1) is 0 Å². The first-order valence-corrected chi connectivity index (χ1v) is 5.88. The predicted molar refractivity (Wildman–Crippen MR) is 75.5 cm³/mol. The third kappa shape index (κ3) is 3.07. The van der Waals surface area contributed by atoms with Crippen LogP contribution in [0.5, 0.6) is 11.5 Å². The van der Waals surface area contributed by atoms with Gasteiger partial charge in [-0.2, -0.15) is 5.10 Å². The Bertz CT molecular complexity index is 564. The highest BCUT2D eigenvalue weighted by atomic mass is 16.5. The summed E-state index contributed by atoms with van der Waals surface area (Å²) in [7, 11) is 3.24. The molecule has 0 amide bonds. The van der Waals surface area contributed by atoms with E-state index in [9.17, 15) is 0 Å². The molecule has 5 nitrogen and oxygen atoms in total. The molecule has 0 saturated heterocycles. The molecule has 1 heterocycles. The standard InChI is InChI=1S/C14H17N3O2/c1-4-17-10-11(9-16-17)8-15-12-5-6-13(18-2)14(7-12)19-3/h4-7,9-10,15H,1,8H2,2-3H3. The molecule has 19 heavy (non-hydrogen) atoms. The summed E-state index contributed by atoms with van der Waals surface area (Å²) >= 11 is 0. The molecular weight excluding hydrogens is 242 g/mol. The Morgan fingerprint density at radius 3 is 2.74 bits per heavy atom. The Balaban J connectivity index is 2.04. The maximum atomic E-state index is 5.26. The van der Waals surface area contributed by atoms with E-state index in [-0.39, 0.29) is 0 Å². The third-order valence-electron chi connectivity index (χ3n) is 2.72. The lowest BCUT2D eigenvalue weighted by Gasteiger charge is -2.10. The summed E-state index contributed by atoms with van der Waals surface area (Å²) in [6.45, 7) is 4.34. The Morgan fingerprint density at radius 1 is 1.32 bits per heavy atom. The van der Waals surface area contributed by atoms with Crippen LogP contribution in [0.4, 0.5) is 5.69 Å². The number of methoxy groups -OCH3 is 2. The van der Waals surface area contributed by atoms with Crippen molar-refractivity contribution in [1.29, 1.82) is 0 Å². The van der Waals surface area contributed by atoms with E-state index >= 15 is 0 Å². The van der Waals surface area contributed by atoms with Crippen molar-refractivity contribution in [3.8, 4) is 11.5 Å². The lowest BCUT2D eigenvalue weighted by molar-refractivity contribution is 0.355. The van der Waals surface area contributed by atoms with Crippen molar-refractivity contribution in [2.24, 2.45) is 0 Å². The van der Waals surface area contributed by atoms with Gasteiger partial charge < -0.3 is 14.8 Å². The van der Waals surface area contributed by atoms with E-state index in [1.165, 1.54) is 0 Å². The summed E-state index contributed by atoms with van der Waals surface area (Å²) in [4.78, 5) is 0. The molecule has 2 rings (SSSR count). The molecule has 0 radical (unpaired) electrons. The fourth-order valence-corrected chi connectivity index (χ4v) is 1.72. The Morgan fingerprint density at radius 2 is 2.11 bits per heavy atom. The molecule has 100 valence electrons. The van der Waals surface area contributed by atoms with Crippen LogP contribution in [0.3, 0.4) is 0 Å². The average Bonchev–Trinajstić information content (AvgIpc) is 2.92. The normalized spacial score (nSPS) is 10.0. The Kier molecular flexibility index (Phi) is 4.07. The topological polar surface area (TPSA) is 48.3 Å². The highest BCUT2D eigenvalue weighted by molar-refractivity contribution is 5.54. The van der Waals surface area contributed by atoms with Crippen molar-refractivity contribution in [2.45, 2.75) is 6.54 Å². The molecule has 5 heteroatoms. The van der Waals surface area contributed by atoms with Crippen LogP contribution < -0.4 is 14.8 Å². The van der Waals surface area contributed by atoms with Crippen molar-refractivity contribution >= 4 is 11.9 Å². The van der Waals surface area contributed by atoms with Gasteiger partial charge in [0.2, 0.25) is 0 Å². The van der Waals surface area contributed by atoms with Gasteiger partial charge >= 0.3 is 0 Å². The van der Waals surface area contributed by atoms with Gasteiger partial charge in [-0.1, -0.05) is 6.58 Å².